The summed E-state index contributed by atoms with van der Waals surface area (Å²) in [6.45, 7) is 0. The number of nitrogens with one attached hydrogen (secondary N) is 1. The fourth-order valence-electron chi connectivity index (χ4n) is 1.42. The molecule has 1 aromatic carbocycles. The SMILES string of the molecule is O=S(=O)(Nc1cc(Cl)cc(Cl)c1)c1ccc(Cl)nc1Cl. The first-order valence-electron chi connectivity index (χ1n) is 5.09. The molecule has 0 atom stereocenters. The molecule has 1 heterocycles. The van der Waals surface area contributed by atoms with Crippen molar-refractivity contribution in [3.8, 4) is 0 Å². The van der Waals surface area contributed by atoms with E-state index in [1.807, 2.05) is 0 Å². The van der Waals surface area contributed by atoms with Gasteiger partial charge in [-0.2, -0.15) is 0 Å². The molecular formula is C11H6Cl4N2O2S. The van der Waals surface area contributed by atoms with Gasteiger partial charge in [0, 0.05) is 10.0 Å². The Morgan fingerprint density at radius 2 is 1.55 bits per heavy atom. The van der Waals surface area contributed by atoms with Gasteiger partial charge in [0.2, 0.25) is 0 Å². The first-order valence-corrected chi connectivity index (χ1v) is 8.08. The van der Waals surface area contributed by atoms with Gasteiger partial charge in [-0.3, -0.25) is 4.72 Å². The molecule has 106 valence electrons. The van der Waals surface area contributed by atoms with E-state index in [4.69, 9.17) is 46.4 Å². The summed E-state index contributed by atoms with van der Waals surface area (Å²) >= 11 is 23.0. The van der Waals surface area contributed by atoms with Crippen molar-refractivity contribution in [1.82, 2.24) is 4.98 Å². The smallest absolute Gasteiger partial charge is 0.264 e. The molecule has 0 saturated carbocycles. The molecular weight excluding hydrogens is 366 g/mol. The van der Waals surface area contributed by atoms with Crippen LogP contribution in [0.4, 0.5) is 5.69 Å². The summed E-state index contributed by atoms with van der Waals surface area (Å²) in [6.07, 6.45) is 0. The highest BCUT2D eigenvalue weighted by atomic mass is 35.5. The zero-order chi connectivity index (χ0) is 14.9. The molecule has 1 aromatic heterocycles. The number of sulfonamides is 1. The third-order valence-corrected chi connectivity index (χ3v) is 4.64. The maximum absolute atomic E-state index is 12.2. The van der Waals surface area contributed by atoms with Crippen molar-refractivity contribution in [3.63, 3.8) is 0 Å². The van der Waals surface area contributed by atoms with Crippen LogP contribution in [0.2, 0.25) is 20.4 Å². The molecule has 0 spiro atoms. The molecule has 2 rings (SSSR count). The minimum Gasteiger partial charge on any atom is -0.279 e. The van der Waals surface area contributed by atoms with Crippen LogP contribution in [0.1, 0.15) is 0 Å². The van der Waals surface area contributed by atoms with Crippen LogP contribution in [0.15, 0.2) is 35.2 Å². The van der Waals surface area contributed by atoms with Crippen LogP contribution < -0.4 is 4.72 Å². The summed E-state index contributed by atoms with van der Waals surface area (Å²) in [7, 11) is -3.91. The third-order valence-electron chi connectivity index (χ3n) is 2.18. The van der Waals surface area contributed by atoms with Crippen molar-refractivity contribution in [2.45, 2.75) is 4.90 Å². The van der Waals surface area contributed by atoms with Crippen molar-refractivity contribution in [2.24, 2.45) is 0 Å². The average molecular weight is 372 g/mol. The van der Waals surface area contributed by atoms with Crippen LogP contribution in [0.5, 0.6) is 0 Å². The number of rotatable bonds is 3. The number of aromatic nitrogens is 1. The Balaban J connectivity index is 2.40. The fraction of sp³-hybridized carbons (Fsp3) is 0. The maximum atomic E-state index is 12.2. The van der Waals surface area contributed by atoms with E-state index in [0.29, 0.717) is 10.0 Å². The Morgan fingerprint density at radius 3 is 2.10 bits per heavy atom. The van der Waals surface area contributed by atoms with Gasteiger partial charge in [0.1, 0.15) is 10.0 Å². The number of anilines is 1. The lowest BCUT2D eigenvalue weighted by Gasteiger charge is -2.09. The van der Waals surface area contributed by atoms with Crippen molar-refractivity contribution < 1.29 is 8.42 Å². The molecule has 0 bridgehead atoms. The Hall–Kier alpha value is -0.720. The van der Waals surface area contributed by atoms with Gasteiger partial charge < -0.3 is 0 Å². The first kappa shape index (κ1) is 15.7. The van der Waals surface area contributed by atoms with E-state index >= 15 is 0 Å². The Labute approximate surface area is 135 Å². The highest BCUT2D eigenvalue weighted by Gasteiger charge is 2.19. The number of benzene rings is 1. The van der Waals surface area contributed by atoms with E-state index in [-0.39, 0.29) is 20.9 Å². The summed E-state index contributed by atoms with van der Waals surface area (Å²) in [5, 5.41) is 0.476. The summed E-state index contributed by atoms with van der Waals surface area (Å²) in [5.74, 6) is 0. The number of hydrogen-bond donors (Lipinski definition) is 1. The Bertz CT molecular complexity index is 745. The van der Waals surface area contributed by atoms with E-state index in [0.717, 1.165) is 0 Å². The van der Waals surface area contributed by atoms with Gasteiger partial charge in [0.15, 0.2) is 5.15 Å². The van der Waals surface area contributed by atoms with Gasteiger partial charge in [-0.25, -0.2) is 13.4 Å². The average Bonchev–Trinajstić information content (AvgIpc) is 2.25. The van der Waals surface area contributed by atoms with E-state index in [9.17, 15) is 8.42 Å². The molecule has 4 nitrogen and oxygen atoms in total. The van der Waals surface area contributed by atoms with Crippen molar-refractivity contribution in [3.05, 3.63) is 50.7 Å². The lowest BCUT2D eigenvalue weighted by atomic mass is 10.3. The van der Waals surface area contributed by atoms with Crippen LogP contribution in [0, 0.1) is 0 Å². The quantitative estimate of drug-likeness (QED) is 0.808. The molecule has 9 heteroatoms. The molecule has 0 aliphatic carbocycles. The van der Waals surface area contributed by atoms with Crippen LogP contribution in [-0.4, -0.2) is 13.4 Å². The van der Waals surface area contributed by atoms with Gasteiger partial charge in [0.25, 0.3) is 10.0 Å². The second kappa shape index (κ2) is 5.95. The van der Waals surface area contributed by atoms with Gasteiger partial charge in [-0.15, -0.1) is 0 Å². The maximum Gasteiger partial charge on any atom is 0.264 e. The lowest BCUT2D eigenvalue weighted by Crippen LogP contribution is -2.14. The predicted octanol–water partition coefficient (Wildman–Crippen LogP) is 4.50. The van der Waals surface area contributed by atoms with Gasteiger partial charge in [-0.1, -0.05) is 46.4 Å². The van der Waals surface area contributed by atoms with Crippen molar-refractivity contribution in [1.29, 1.82) is 0 Å². The second-order valence-electron chi connectivity index (χ2n) is 3.69. The standard InChI is InChI=1S/C11H6Cl4N2O2S/c12-6-3-7(13)5-8(4-6)17-20(18,19)9-1-2-10(14)16-11(9)15/h1-5,17H. The lowest BCUT2D eigenvalue weighted by molar-refractivity contribution is 0.601. The second-order valence-corrected chi connectivity index (χ2v) is 6.96. The Morgan fingerprint density at radius 1 is 0.950 bits per heavy atom. The molecule has 0 radical (unpaired) electrons. The van der Waals surface area contributed by atoms with E-state index in [1.165, 1.54) is 30.3 Å². The van der Waals surface area contributed by atoms with Gasteiger partial charge in [0.05, 0.1) is 5.69 Å². The van der Waals surface area contributed by atoms with Crippen LogP contribution in [0.3, 0.4) is 0 Å². The number of nitrogens with zero attached hydrogens (tertiary/aromatic N) is 1. The summed E-state index contributed by atoms with van der Waals surface area (Å²) < 4.78 is 26.7. The summed E-state index contributed by atoms with van der Waals surface area (Å²) in [5.41, 5.74) is 0.216. The third kappa shape index (κ3) is 3.68. The zero-order valence-corrected chi connectivity index (χ0v) is 13.4. The molecule has 0 aliphatic heterocycles. The minimum absolute atomic E-state index is 0.0970. The van der Waals surface area contributed by atoms with Crippen molar-refractivity contribution >= 4 is 62.1 Å². The summed E-state index contributed by atoms with van der Waals surface area (Å²) in [6, 6.07) is 6.90. The number of pyridine rings is 1. The molecule has 0 aliphatic rings. The molecule has 1 N–H and O–H groups in total. The minimum atomic E-state index is -3.91. The number of halogens is 4. The number of hydrogen-bond acceptors (Lipinski definition) is 3. The molecule has 0 fully saturated rings. The zero-order valence-electron chi connectivity index (χ0n) is 9.57. The van der Waals surface area contributed by atoms with Crippen LogP contribution in [0.25, 0.3) is 0 Å². The van der Waals surface area contributed by atoms with Gasteiger partial charge >= 0.3 is 0 Å². The predicted molar refractivity (Wildman–Crippen MR) is 81.5 cm³/mol. The molecule has 0 saturated heterocycles. The van der Waals surface area contributed by atoms with Crippen molar-refractivity contribution in [2.75, 3.05) is 4.72 Å². The van der Waals surface area contributed by atoms with Gasteiger partial charge in [-0.05, 0) is 30.3 Å². The largest absolute Gasteiger partial charge is 0.279 e. The van der Waals surface area contributed by atoms with E-state index in [1.54, 1.807) is 0 Å². The van der Waals surface area contributed by atoms with Crippen LogP contribution >= 0.6 is 46.4 Å². The molecule has 0 amide bonds. The Kier molecular flexibility index (Phi) is 4.66. The molecule has 0 unspecified atom stereocenters. The van der Waals surface area contributed by atoms with E-state index in [2.05, 4.69) is 9.71 Å². The normalized spacial score (nSPS) is 11.4. The monoisotopic (exact) mass is 370 g/mol. The summed E-state index contributed by atoms with van der Waals surface area (Å²) in [4.78, 5) is 3.48. The van der Waals surface area contributed by atoms with E-state index < -0.39 is 10.0 Å². The highest BCUT2D eigenvalue weighted by molar-refractivity contribution is 7.92. The first-order chi connectivity index (χ1) is 9.28. The topological polar surface area (TPSA) is 59.1 Å². The molecule has 2 aromatic rings. The fourth-order valence-corrected chi connectivity index (χ4v) is 3.65. The van der Waals surface area contributed by atoms with Crippen LogP contribution in [-0.2, 0) is 10.0 Å². The molecule has 20 heavy (non-hydrogen) atoms. The highest BCUT2D eigenvalue weighted by Crippen LogP contribution is 2.27.